The van der Waals surface area contributed by atoms with Gasteiger partial charge in [-0.15, -0.1) is 0 Å². The Morgan fingerprint density at radius 3 is 2.79 bits per heavy atom. The first-order valence-electron chi connectivity index (χ1n) is 4.78. The SMILES string of the molecule is c1cc(-c2ccc3c(c2)CNC3)cs1. The summed E-state index contributed by atoms with van der Waals surface area (Å²) in [5.74, 6) is 0. The number of rotatable bonds is 1. The molecule has 1 N–H and O–H groups in total. The number of hydrogen-bond donors (Lipinski definition) is 1. The van der Waals surface area contributed by atoms with Gasteiger partial charge in [0.05, 0.1) is 0 Å². The van der Waals surface area contributed by atoms with Crippen LogP contribution in [-0.4, -0.2) is 0 Å². The van der Waals surface area contributed by atoms with Crippen molar-refractivity contribution < 1.29 is 0 Å². The quantitative estimate of drug-likeness (QED) is 0.748. The molecule has 0 atom stereocenters. The zero-order valence-corrected chi connectivity index (χ0v) is 8.60. The van der Waals surface area contributed by atoms with Gasteiger partial charge >= 0.3 is 0 Å². The summed E-state index contributed by atoms with van der Waals surface area (Å²) in [6.45, 7) is 2.05. The molecule has 1 aromatic carbocycles. The van der Waals surface area contributed by atoms with Crippen LogP contribution in [0.3, 0.4) is 0 Å². The molecule has 2 heteroatoms. The van der Waals surface area contributed by atoms with Crippen molar-refractivity contribution in [2.45, 2.75) is 13.1 Å². The fourth-order valence-electron chi connectivity index (χ4n) is 1.90. The second-order valence-corrected chi connectivity index (χ2v) is 4.38. The Morgan fingerprint density at radius 1 is 1.00 bits per heavy atom. The summed E-state index contributed by atoms with van der Waals surface area (Å²) in [4.78, 5) is 0. The lowest BCUT2D eigenvalue weighted by molar-refractivity contribution is 0.765. The highest BCUT2D eigenvalue weighted by Crippen LogP contribution is 2.26. The normalized spacial score (nSPS) is 14.3. The van der Waals surface area contributed by atoms with E-state index >= 15 is 0 Å². The Labute approximate surface area is 87.4 Å². The third kappa shape index (κ3) is 1.27. The fourth-order valence-corrected chi connectivity index (χ4v) is 2.57. The molecule has 0 unspecified atom stereocenters. The Bertz CT molecular complexity index is 445. The van der Waals surface area contributed by atoms with Gasteiger partial charge in [-0.1, -0.05) is 12.1 Å². The van der Waals surface area contributed by atoms with E-state index in [-0.39, 0.29) is 0 Å². The summed E-state index contributed by atoms with van der Waals surface area (Å²) >= 11 is 1.75. The molecular formula is C12H11NS. The molecule has 0 amide bonds. The third-order valence-electron chi connectivity index (χ3n) is 2.69. The molecule has 1 aliphatic rings. The van der Waals surface area contributed by atoms with Crippen LogP contribution in [-0.2, 0) is 13.1 Å². The lowest BCUT2D eigenvalue weighted by Gasteiger charge is -2.01. The summed E-state index contributed by atoms with van der Waals surface area (Å²) in [5.41, 5.74) is 5.58. The van der Waals surface area contributed by atoms with Crippen LogP contribution in [0.4, 0.5) is 0 Å². The van der Waals surface area contributed by atoms with Gasteiger partial charge in [0, 0.05) is 13.1 Å². The summed E-state index contributed by atoms with van der Waals surface area (Å²) in [5, 5.41) is 7.69. The van der Waals surface area contributed by atoms with Crippen LogP contribution >= 0.6 is 11.3 Å². The molecule has 70 valence electrons. The van der Waals surface area contributed by atoms with E-state index in [4.69, 9.17) is 0 Å². The van der Waals surface area contributed by atoms with Crippen LogP contribution in [0.25, 0.3) is 11.1 Å². The molecule has 1 nitrogen and oxygen atoms in total. The maximum absolute atomic E-state index is 3.36. The van der Waals surface area contributed by atoms with Gasteiger partial charge in [-0.3, -0.25) is 0 Å². The van der Waals surface area contributed by atoms with Gasteiger partial charge in [0.2, 0.25) is 0 Å². The number of benzene rings is 1. The summed E-state index contributed by atoms with van der Waals surface area (Å²) in [6, 6.07) is 8.93. The van der Waals surface area contributed by atoms with E-state index in [1.54, 1.807) is 11.3 Å². The fraction of sp³-hybridized carbons (Fsp3) is 0.167. The van der Waals surface area contributed by atoms with E-state index in [1.807, 2.05) is 0 Å². The standard InChI is InChI=1S/C12H11NS/c1-2-10-6-13-7-12(10)5-9(1)11-3-4-14-8-11/h1-5,8,13H,6-7H2. The Hall–Kier alpha value is -1.12. The van der Waals surface area contributed by atoms with Crippen LogP contribution in [0.15, 0.2) is 35.0 Å². The van der Waals surface area contributed by atoms with Crippen molar-refractivity contribution in [2.75, 3.05) is 0 Å². The first kappa shape index (κ1) is 8.21. The molecule has 0 bridgehead atoms. The smallest absolute Gasteiger partial charge is 0.0212 e. The van der Waals surface area contributed by atoms with Crippen LogP contribution in [0, 0.1) is 0 Å². The van der Waals surface area contributed by atoms with Crippen LogP contribution in [0.1, 0.15) is 11.1 Å². The van der Waals surface area contributed by atoms with E-state index in [9.17, 15) is 0 Å². The molecule has 1 aliphatic heterocycles. The van der Waals surface area contributed by atoms with E-state index in [0.29, 0.717) is 0 Å². The average Bonchev–Trinajstić information content (AvgIpc) is 2.88. The maximum Gasteiger partial charge on any atom is 0.0212 e. The molecular weight excluding hydrogens is 190 g/mol. The topological polar surface area (TPSA) is 12.0 Å². The van der Waals surface area contributed by atoms with Crippen LogP contribution in [0.5, 0.6) is 0 Å². The monoisotopic (exact) mass is 201 g/mol. The van der Waals surface area contributed by atoms with Crippen molar-refractivity contribution in [3.8, 4) is 11.1 Å². The Morgan fingerprint density at radius 2 is 1.93 bits per heavy atom. The molecule has 0 saturated carbocycles. The zero-order chi connectivity index (χ0) is 9.38. The Balaban J connectivity index is 2.09. The second kappa shape index (κ2) is 3.23. The second-order valence-electron chi connectivity index (χ2n) is 3.60. The van der Waals surface area contributed by atoms with Gasteiger partial charge in [-0.2, -0.15) is 11.3 Å². The predicted octanol–water partition coefficient (Wildman–Crippen LogP) is 3.02. The van der Waals surface area contributed by atoms with Crippen molar-refractivity contribution in [2.24, 2.45) is 0 Å². The van der Waals surface area contributed by atoms with Crippen molar-refractivity contribution in [3.63, 3.8) is 0 Å². The summed E-state index contributed by atoms with van der Waals surface area (Å²) in [7, 11) is 0. The van der Waals surface area contributed by atoms with Gasteiger partial charge in [-0.05, 0) is 45.1 Å². The molecule has 14 heavy (non-hydrogen) atoms. The van der Waals surface area contributed by atoms with Gasteiger partial charge < -0.3 is 5.32 Å². The minimum Gasteiger partial charge on any atom is -0.309 e. The highest BCUT2D eigenvalue weighted by molar-refractivity contribution is 7.08. The number of fused-ring (bicyclic) bond motifs is 1. The molecule has 2 aromatic rings. The highest BCUT2D eigenvalue weighted by Gasteiger charge is 2.10. The number of hydrogen-bond acceptors (Lipinski definition) is 2. The average molecular weight is 201 g/mol. The molecule has 1 aromatic heterocycles. The van der Waals surface area contributed by atoms with Gasteiger partial charge in [0.15, 0.2) is 0 Å². The molecule has 0 spiro atoms. The van der Waals surface area contributed by atoms with Crippen molar-refractivity contribution in [1.82, 2.24) is 5.32 Å². The first-order valence-corrected chi connectivity index (χ1v) is 5.73. The van der Waals surface area contributed by atoms with Crippen LogP contribution in [0.2, 0.25) is 0 Å². The summed E-state index contributed by atoms with van der Waals surface area (Å²) in [6.07, 6.45) is 0. The van der Waals surface area contributed by atoms with Gasteiger partial charge in [0.1, 0.15) is 0 Å². The maximum atomic E-state index is 3.36. The van der Waals surface area contributed by atoms with Crippen molar-refractivity contribution in [1.29, 1.82) is 0 Å². The van der Waals surface area contributed by atoms with Gasteiger partial charge in [-0.25, -0.2) is 0 Å². The van der Waals surface area contributed by atoms with Gasteiger partial charge in [0.25, 0.3) is 0 Å². The molecule has 2 heterocycles. The van der Waals surface area contributed by atoms with E-state index in [0.717, 1.165) is 13.1 Å². The number of thiophene rings is 1. The molecule has 0 saturated heterocycles. The minimum atomic E-state index is 1.02. The zero-order valence-electron chi connectivity index (χ0n) is 7.79. The molecule has 3 rings (SSSR count). The lowest BCUT2D eigenvalue weighted by Crippen LogP contribution is -1.99. The van der Waals surface area contributed by atoms with E-state index < -0.39 is 0 Å². The molecule has 0 aliphatic carbocycles. The largest absolute Gasteiger partial charge is 0.309 e. The lowest BCUT2D eigenvalue weighted by atomic mass is 10.0. The van der Waals surface area contributed by atoms with E-state index in [2.05, 4.69) is 40.3 Å². The first-order chi connectivity index (χ1) is 6.93. The Kier molecular flexibility index (Phi) is 1.89. The molecule has 0 fully saturated rings. The molecule has 0 radical (unpaired) electrons. The van der Waals surface area contributed by atoms with E-state index in [1.165, 1.54) is 22.3 Å². The van der Waals surface area contributed by atoms with Crippen molar-refractivity contribution in [3.05, 3.63) is 46.2 Å². The van der Waals surface area contributed by atoms with Crippen molar-refractivity contribution >= 4 is 11.3 Å². The highest BCUT2D eigenvalue weighted by atomic mass is 32.1. The van der Waals surface area contributed by atoms with Crippen LogP contribution < -0.4 is 5.32 Å². The minimum absolute atomic E-state index is 1.02. The number of nitrogens with one attached hydrogen (secondary N) is 1. The summed E-state index contributed by atoms with van der Waals surface area (Å²) < 4.78 is 0. The third-order valence-corrected chi connectivity index (χ3v) is 3.37. The predicted molar refractivity (Wildman–Crippen MR) is 60.3 cm³/mol.